The molecule has 0 bridgehead atoms. The summed E-state index contributed by atoms with van der Waals surface area (Å²) in [5.74, 6) is -6.44. The van der Waals surface area contributed by atoms with Crippen LogP contribution < -0.4 is 24.8 Å². The summed E-state index contributed by atoms with van der Waals surface area (Å²) in [6.45, 7) is 2.00. The molecule has 1 saturated heterocycles. The Balaban J connectivity index is 1.24. The Kier molecular flexibility index (Phi) is 10.7. The van der Waals surface area contributed by atoms with Crippen LogP contribution in [0.3, 0.4) is 0 Å². The number of carbonyl (C=O) groups is 4. The van der Waals surface area contributed by atoms with Crippen LogP contribution in [0.15, 0.2) is 36.5 Å². The average Bonchev–Trinajstić information content (AvgIpc) is 4.08. The number of amides is 4. The standard InChI is InChI=1S/C39H46F5N5O8S/c1-21-6-4-5-7-24-18-38(24,35(53)48-58(54,55)36(20-40)9-10-36)47-31(50)28-16-25(57-32-26-17-27(41)29(56-3)15-23(26)8-13-45-32)19-49(28)33(51)30(22(2)14-21)46-34(52)37(11-12-37)39(42,43)44/h5,7-8,13,15,17,21-22,24-25,28,30H,4,6,9-12,14,16,18-20H2,1-3H3,(H,46,52)(H,47,50)(H,48,53)/t21-,22-,24-,25-,28+,30+,38-/m1/s1. The highest BCUT2D eigenvalue weighted by atomic mass is 32.2. The number of carbonyl (C=O) groups excluding carboxylic acids is 4. The minimum Gasteiger partial charge on any atom is -0.494 e. The molecule has 4 amide bonds. The summed E-state index contributed by atoms with van der Waals surface area (Å²) in [5, 5.41) is 5.81. The summed E-state index contributed by atoms with van der Waals surface area (Å²) < 4.78 is 109. The lowest BCUT2D eigenvalue weighted by molar-refractivity contribution is -0.193. The smallest absolute Gasteiger partial charge is 0.403 e. The lowest BCUT2D eigenvalue weighted by atomic mass is 9.87. The largest absolute Gasteiger partial charge is 0.494 e. The first-order valence-electron chi connectivity index (χ1n) is 19.4. The van der Waals surface area contributed by atoms with Crippen LogP contribution in [0.1, 0.15) is 71.6 Å². The maximum Gasteiger partial charge on any atom is 0.403 e. The zero-order valence-corrected chi connectivity index (χ0v) is 33.0. The number of nitrogens with one attached hydrogen (secondary N) is 3. The van der Waals surface area contributed by atoms with Crippen LogP contribution in [0.25, 0.3) is 10.8 Å². The van der Waals surface area contributed by atoms with E-state index in [1.807, 2.05) is 11.6 Å². The maximum atomic E-state index is 14.9. The van der Waals surface area contributed by atoms with E-state index in [4.69, 9.17) is 9.47 Å². The van der Waals surface area contributed by atoms with E-state index in [1.165, 1.54) is 19.4 Å². The number of alkyl halides is 4. The molecular weight excluding hydrogens is 794 g/mol. The topological polar surface area (TPSA) is 173 Å². The van der Waals surface area contributed by atoms with Crippen molar-refractivity contribution in [3.8, 4) is 11.6 Å². The quantitative estimate of drug-likeness (QED) is 0.245. The summed E-state index contributed by atoms with van der Waals surface area (Å²) in [6, 6.07) is 1.22. The van der Waals surface area contributed by atoms with E-state index in [0.29, 0.717) is 24.6 Å². The number of rotatable bonds is 9. The van der Waals surface area contributed by atoms with Crippen LogP contribution in [-0.4, -0.2) is 96.9 Å². The maximum absolute atomic E-state index is 14.9. The Morgan fingerprint density at radius 3 is 2.45 bits per heavy atom. The van der Waals surface area contributed by atoms with E-state index < -0.39 is 111 Å². The van der Waals surface area contributed by atoms with Crippen molar-refractivity contribution in [2.45, 2.75) is 106 Å². The molecule has 5 aliphatic rings. The Morgan fingerprint density at radius 2 is 1.81 bits per heavy atom. The zero-order chi connectivity index (χ0) is 42.0. The van der Waals surface area contributed by atoms with E-state index in [0.717, 1.165) is 11.0 Å². The summed E-state index contributed by atoms with van der Waals surface area (Å²) in [5.41, 5.74) is -4.44. The van der Waals surface area contributed by atoms with Gasteiger partial charge in [-0.25, -0.2) is 22.2 Å². The summed E-state index contributed by atoms with van der Waals surface area (Å²) in [4.78, 5) is 61.8. The number of ether oxygens (including phenoxy) is 2. The van der Waals surface area contributed by atoms with Gasteiger partial charge < -0.3 is 25.0 Å². The number of methoxy groups -OCH3 is 1. The lowest BCUT2D eigenvalue weighted by Gasteiger charge is -2.34. The number of aromatic nitrogens is 1. The summed E-state index contributed by atoms with van der Waals surface area (Å²) in [6.07, 6.45) is -0.758. The molecule has 4 fully saturated rings. The van der Waals surface area contributed by atoms with Crippen molar-refractivity contribution < 1.29 is 59.0 Å². The number of hydrogen-bond donors (Lipinski definition) is 3. The molecule has 2 aliphatic heterocycles. The van der Waals surface area contributed by atoms with Gasteiger partial charge in [0.2, 0.25) is 33.6 Å². The van der Waals surface area contributed by atoms with Crippen LogP contribution in [0, 0.1) is 29.0 Å². The second-order valence-electron chi connectivity index (χ2n) is 16.7. The van der Waals surface area contributed by atoms with Gasteiger partial charge in [-0.05, 0) is 86.8 Å². The third-order valence-corrected chi connectivity index (χ3v) is 14.7. The van der Waals surface area contributed by atoms with E-state index >= 15 is 0 Å². The molecule has 13 nitrogen and oxygen atoms in total. The number of sulfonamides is 1. The highest BCUT2D eigenvalue weighted by Crippen LogP contribution is 2.58. The third-order valence-electron chi connectivity index (χ3n) is 12.6. The van der Waals surface area contributed by atoms with Crippen molar-refractivity contribution in [2.24, 2.45) is 23.2 Å². The van der Waals surface area contributed by atoms with Crippen LogP contribution in [0.2, 0.25) is 0 Å². The number of halogens is 5. The van der Waals surface area contributed by atoms with E-state index in [9.17, 15) is 49.5 Å². The number of fused-ring (bicyclic) bond motifs is 3. The average molecular weight is 840 g/mol. The molecule has 19 heteroatoms. The van der Waals surface area contributed by atoms with Gasteiger partial charge in [-0.15, -0.1) is 0 Å². The molecule has 58 heavy (non-hydrogen) atoms. The van der Waals surface area contributed by atoms with Gasteiger partial charge in [-0.2, -0.15) is 13.2 Å². The number of pyridine rings is 1. The van der Waals surface area contributed by atoms with Gasteiger partial charge in [0.1, 0.15) is 40.6 Å². The molecule has 0 unspecified atom stereocenters. The molecule has 0 radical (unpaired) electrons. The van der Waals surface area contributed by atoms with Gasteiger partial charge in [-0.3, -0.25) is 23.9 Å². The van der Waals surface area contributed by atoms with Gasteiger partial charge in [0, 0.05) is 23.9 Å². The monoisotopic (exact) mass is 839 g/mol. The van der Waals surface area contributed by atoms with Crippen LogP contribution in [0.4, 0.5) is 22.0 Å². The van der Waals surface area contributed by atoms with E-state index in [-0.39, 0.29) is 55.2 Å². The molecule has 1 aromatic heterocycles. The van der Waals surface area contributed by atoms with Crippen LogP contribution in [-0.2, 0) is 29.2 Å². The number of benzene rings is 1. The van der Waals surface area contributed by atoms with Gasteiger partial charge in [0.15, 0.2) is 11.6 Å². The van der Waals surface area contributed by atoms with Crippen molar-refractivity contribution in [3.05, 3.63) is 42.4 Å². The van der Waals surface area contributed by atoms with Crippen molar-refractivity contribution in [1.29, 1.82) is 0 Å². The van der Waals surface area contributed by atoms with Gasteiger partial charge >= 0.3 is 6.18 Å². The van der Waals surface area contributed by atoms with Gasteiger partial charge in [0.25, 0.3) is 5.91 Å². The lowest BCUT2D eigenvalue weighted by Crippen LogP contribution is -2.60. The fourth-order valence-corrected chi connectivity index (χ4v) is 9.78. The van der Waals surface area contributed by atoms with Crippen molar-refractivity contribution >= 4 is 44.4 Å². The van der Waals surface area contributed by atoms with Crippen molar-refractivity contribution in [3.63, 3.8) is 0 Å². The molecule has 7 atom stereocenters. The van der Waals surface area contributed by atoms with Gasteiger partial charge in [0.05, 0.1) is 13.7 Å². The number of allylic oxidation sites excluding steroid dienone is 1. The van der Waals surface area contributed by atoms with E-state index in [2.05, 4.69) is 15.6 Å². The summed E-state index contributed by atoms with van der Waals surface area (Å²) in [7, 11) is -3.18. The van der Waals surface area contributed by atoms with Crippen molar-refractivity contribution in [2.75, 3.05) is 20.3 Å². The molecule has 7 rings (SSSR count). The van der Waals surface area contributed by atoms with Gasteiger partial charge in [-0.1, -0.05) is 26.0 Å². The Hall–Kier alpha value is -4.55. The fraction of sp³-hybridized carbons (Fsp3) is 0.615. The predicted octanol–water partition coefficient (Wildman–Crippen LogP) is 4.39. The molecule has 3 saturated carbocycles. The zero-order valence-electron chi connectivity index (χ0n) is 32.2. The number of hydrogen-bond acceptors (Lipinski definition) is 9. The SMILES string of the molecule is COc1cc2ccnc(O[C@@H]3C[C@H]4C(=O)N[C@]5(C(=O)NS(=O)(=O)C6(CF)CC6)C[C@H]5C=CCC[C@@H](C)C[C@@H](C)[C@H](NC(=O)C5(C(F)(F)F)CC5)C(=O)N4C3)c2cc1F. The first-order valence-corrected chi connectivity index (χ1v) is 20.9. The molecule has 3 N–H and O–H groups in total. The molecular formula is C39H46F5N5O8S. The first-order chi connectivity index (χ1) is 27.3. The Labute approximate surface area is 331 Å². The minimum absolute atomic E-state index is 0.0134. The molecule has 1 aromatic carbocycles. The fourth-order valence-electron chi connectivity index (χ4n) is 8.35. The molecule has 316 valence electrons. The minimum atomic E-state index is -4.86. The highest BCUT2D eigenvalue weighted by molar-refractivity contribution is 7.91. The van der Waals surface area contributed by atoms with E-state index in [1.54, 1.807) is 25.1 Å². The Morgan fingerprint density at radius 1 is 1.09 bits per heavy atom. The first kappa shape index (κ1) is 41.6. The molecule has 3 aliphatic carbocycles. The predicted molar refractivity (Wildman–Crippen MR) is 198 cm³/mol. The second-order valence-corrected chi connectivity index (χ2v) is 18.8. The molecule has 0 spiro atoms. The Bertz CT molecular complexity index is 2140. The second kappa shape index (κ2) is 14.9. The number of nitrogens with zero attached hydrogens (tertiary/aromatic N) is 2. The normalized spacial score (nSPS) is 30.5. The summed E-state index contributed by atoms with van der Waals surface area (Å²) >= 11 is 0. The highest BCUT2D eigenvalue weighted by Gasteiger charge is 2.69. The molecule has 2 aromatic rings. The third kappa shape index (κ3) is 7.46. The van der Waals surface area contributed by atoms with Crippen molar-refractivity contribution in [1.82, 2.24) is 25.2 Å². The molecule has 3 heterocycles. The van der Waals surface area contributed by atoms with Crippen LogP contribution >= 0.6 is 0 Å². The van der Waals surface area contributed by atoms with Crippen LogP contribution in [0.5, 0.6) is 11.6 Å².